The van der Waals surface area contributed by atoms with Gasteiger partial charge >= 0.3 is 0 Å². The van der Waals surface area contributed by atoms with Gasteiger partial charge in [-0.05, 0) is 17.9 Å². The molecule has 1 atom stereocenters. The van der Waals surface area contributed by atoms with E-state index in [1.54, 1.807) is 32.1 Å². The number of hydrogen-bond donors (Lipinski definition) is 1. The number of carbonyl (C=O) groups excluding carboxylic acids is 1. The fourth-order valence-electron chi connectivity index (χ4n) is 4.10. The molecule has 1 aromatic heterocycles. The highest BCUT2D eigenvalue weighted by Gasteiger charge is 2.42. The Labute approximate surface area is 163 Å². The third-order valence-corrected chi connectivity index (χ3v) is 5.30. The number of fused-ring (bicyclic) bond motifs is 1. The van der Waals surface area contributed by atoms with Crippen LogP contribution >= 0.6 is 0 Å². The predicted molar refractivity (Wildman–Crippen MR) is 103 cm³/mol. The minimum Gasteiger partial charge on any atom is -0.496 e. The Morgan fingerprint density at radius 1 is 1.07 bits per heavy atom. The van der Waals surface area contributed by atoms with Crippen LogP contribution in [0.15, 0.2) is 29.7 Å². The predicted octanol–water partition coefficient (Wildman–Crippen LogP) is 2.96. The highest BCUT2D eigenvalue weighted by molar-refractivity contribution is 6.00. The number of methoxy groups -OCH3 is 3. The largest absolute Gasteiger partial charge is 0.496 e. The minimum absolute atomic E-state index is 0.0988. The number of allylic oxidation sites excluding steroid dienone is 2. The normalized spacial score (nSPS) is 20.2. The van der Waals surface area contributed by atoms with Crippen LogP contribution in [0.25, 0.3) is 0 Å². The van der Waals surface area contributed by atoms with Crippen LogP contribution in [-0.2, 0) is 4.79 Å². The average Bonchev–Trinajstić information content (AvgIpc) is 3.12. The van der Waals surface area contributed by atoms with Gasteiger partial charge in [-0.3, -0.25) is 4.79 Å². The van der Waals surface area contributed by atoms with E-state index < -0.39 is 6.04 Å². The van der Waals surface area contributed by atoms with Crippen molar-refractivity contribution < 1.29 is 19.0 Å². The number of ketones is 1. The number of anilines is 1. The molecule has 0 bridgehead atoms. The molecular formula is C20H24N4O4. The van der Waals surface area contributed by atoms with Crippen LogP contribution in [0.2, 0.25) is 0 Å². The molecule has 1 unspecified atom stereocenters. The highest BCUT2D eigenvalue weighted by Crippen LogP contribution is 2.48. The SMILES string of the molecule is COc1cc(OC)c(C2C3=C(CC(C)(C)CC3=O)Nc3ncnn32)cc1OC. The monoisotopic (exact) mass is 384 g/mol. The van der Waals surface area contributed by atoms with Crippen LogP contribution < -0.4 is 19.5 Å². The van der Waals surface area contributed by atoms with E-state index in [1.165, 1.54) is 6.33 Å². The third kappa shape index (κ3) is 2.80. The summed E-state index contributed by atoms with van der Waals surface area (Å²) in [4.78, 5) is 17.5. The zero-order chi connectivity index (χ0) is 20.1. The molecule has 0 saturated carbocycles. The molecule has 0 saturated heterocycles. The van der Waals surface area contributed by atoms with Gasteiger partial charge in [0.25, 0.3) is 0 Å². The molecule has 0 spiro atoms. The van der Waals surface area contributed by atoms with Crippen LogP contribution in [-0.4, -0.2) is 41.9 Å². The van der Waals surface area contributed by atoms with Crippen molar-refractivity contribution >= 4 is 11.7 Å². The summed E-state index contributed by atoms with van der Waals surface area (Å²) in [5.41, 5.74) is 2.25. The van der Waals surface area contributed by atoms with Gasteiger partial charge in [-0.15, -0.1) is 0 Å². The molecule has 1 N–H and O–H groups in total. The van der Waals surface area contributed by atoms with Gasteiger partial charge in [0.15, 0.2) is 17.3 Å². The molecule has 2 aromatic rings. The molecule has 1 aliphatic carbocycles. The summed E-state index contributed by atoms with van der Waals surface area (Å²) < 4.78 is 18.2. The second-order valence-electron chi connectivity index (χ2n) is 7.84. The maximum atomic E-state index is 13.2. The number of aromatic nitrogens is 3. The first-order chi connectivity index (χ1) is 13.4. The maximum Gasteiger partial charge on any atom is 0.226 e. The van der Waals surface area contributed by atoms with Crippen molar-refractivity contribution in [1.82, 2.24) is 14.8 Å². The Balaban J connectivity index is 1.95. The zero-order valence-corrected chi connectivity index (χ0v) is 16.7. The van der Waals surface area contributed by atoms with Crippen molar-refractivity contribution in [2.45, 2.75) is 32.7 Å². The fourth-order valence-corrected chi connectivity index (χ4v) is 4.10. The Kier molecular flexibility index (Phi) is 4.28. The first-order valence-electron chi connectivity index (χ1n) is 9.11. The molecule has 2 aliphatic rings. The number of hydrogen-bond acceptors (Lipinski definition) is 7. The highest BCUT2D eigenvalue weighted by atomic mass is 16.5. The molecule has 148 valence electrons. The second kappa shape index (κ2) is 6.54. The van der Waals surface area contributed by atoms with Gasteiger partial charge in [0.2, 0.25) is 5.95 Å². The van der Waals surface area contributed by atoms with Gasteiger partial charge in [-0.25, -0.2) is 4.68 Å². The van der Waals surface area contributed by atoms with E-state index in [1.807, 2.05) is 6.07 Å². The molecule has 8 heteroatoms. The van der Waals surface area contributed by atoms with Crippen LogP contribution in [0.5, 0.6) is 17.2 Å². The van der Waals surface area contributed by atoms with Gasteiger partial charge in [-0.1, -0.05) is 13.8 Å². The Morgan fingerprint density at radius 2 is 1.75 bits per heavy atom. The van der Waals surface area contributed by atoms with E-state index in [9.17, 15) is 4.79 Å². The van der Waals surface area contributed by atoms with Crippen LogP contribution in [0.4, 0.5) is 5.95 Å². The summed E-state index contributed by atoms with van der Waals surface area (Å²) in [6.45, 7) is 4.20. The molecule has 8 nitrogen and oxygen atoms in total. The van der Waals surface area contributed by atoms with E-state index in [2.05, 4.69) is 29.2 Å². The van der Waals surface area contributed by atoms with Crippen molar-refractivity contribution in [2.75, 3.05) is 26.6 Å². The van der Waals surface area contributed by atoms with E-state index in [4.69, 9.17) is 14.2 Å². The van der Waals surface area contributed by atoms with Crippen molar-refractivity contribution in [1.29, 1.82) is 0 Å². The number of nitrogens with zero attached hydrogens (tertiary/aromatic N) is 3. The number of ether oxygens (including phenoxy) is 3. The van der Waals surface area contributed by atoms with Crippen molar-refractivity contribution in [3.05, 3.63) is 35.3 Å². The molecular weight excluding hydrogens is 360 g/mol. The van der Waals surface area contributed by atoms with E-state index >= 15 is 0 Å². The third-order valence-electron chi connectivity index (χ3n) is 5.30. The van der Waals surface area contributed by atoms with Crippen LogP contribution in [0.3, 0.4) is 0 Å². The van der Waals surface area contributed by atoms with Gasteiger partial charge in [-0.2, -0.15) is 10.1 Å². The van der Waals surface area contributed by atoms with Crippen molar-refractivity contribution in [2.24, 2.45) is 5.41 Å². The minimum atomic E-state index is -0.452. The summed E-state index contributed by atoms with van der Waals surface area (Å²) in [5.74, 6) is 2.41. The average molecular weight is 384 g/mol. The maximum absolute atomic E-state index is 13.2. The Bertz CT molecular complexity index is 977. The molecule has 0 amide bonds. The lowest BCUT2D eigenvalue weighted by atomic mass is 9.73. The van der Waals surface area contributed by atoms with Crippen LogP contribution in [0.1, 0.15) is 38.3 Å². The van der Waals surface area contributed by atoms with Crippen molar-refractivity contribution in [3.8, 4) is 17.2 Å². The van der Waals surface area contributed by atoms with Gasteiger partial charge < -0.3 is 19.5 Å². The first-order valence-corrected chi connectivity index (χ1v) is 9.11. The van der Waals surface area contributed by atoms with Gasteiger partial charge in [0, 0.05) is 29.3 Å². The number of carbonyl (C=O) groups is 1. The van der Waals surface area contributed by atoms with Crippen molar-refractivity contribution in [3.63, 3.8) is 0 Å². The first kappa shape index (κ1) is 18.3. The van der Waals surface area contributed by atoms with E-state index in [-0.39, 0.29) is 11.2 Å². The topological polar surface area (TPSA) is 87.5 Å². The molecule has 1 aliphatic heterocycles. The van der Waals surface area contributed by atoms with Gasteiger partial charge in [0.1, 0.15) is 18.1 Å². The smallest absolute Gasteiger partial charge is 0.226 e. The molecule has 2 heterocycles. The second-order valence-corrected chi connectivity index (χ2v) is 7.84. The summed E-state index contributed by atoms with van der Waals surface area (Å²) in [7, 11) is 4.75. The summed E-state index contributed by atoms with van der Waals surface area (Å²) in [5, 5.41) is 7.68. The number of Topliss-reactive ketones (excluding diaryl/α,β-unsaturated/α-hetero) is 1. The summed E-state index contributed by atoms with van der Waals surface area (Å²) >= 11 is 0. The quantitative estimate of drug-likeness (QED) is 0.867. The molecule has 0 radical (unpaired) electrons. The van der Waals surface area contributed by atoms with E-state index in [0.717, 1.165) is 17.7 Å². The van der Waals surface area contributed by atoms with E-state index in [0.29, 0.717) is 35.2 Å². The number of nitrogens with one attached hydrogen (secondary N) is 1. The summed E-state index contributed by atoms with van der Waals surface area (Å²) in [6.07, 6.45) is 2.72. The molecule has 1 aromatic carbocycles. The zero-order valence-electron chi connectivity index (χ0n) is 16.7. The molecule has 28 heavy (non-hydrogen) atoms. The standard InChI is InChI=1S/C20H24N4O4/c1-20(2)8-12-17(13(25)9-20)18(24-19(23-12)21-10-22-24)11-6-15(27-4)16(28-5)7-14(11)26-3/h6-7,10,18H,8-9H2,1-5H3,(H,21,22,23). The fraction of sp³-hybridized carbons (Fsp3) is 0.450. The Hall–Kier alpha value is -3.03. The Morgan fingerprint density at radius 3 is 2.43 bits per heavy atom. The lowest BCUT2D eigenvalue weighted by Gasteiger charge is -2.38. The van der Waals surface area contributed by atoms with Gasteiger partial charge in [0.05, 0.1) is 21.3 Å². The molecule has 0 fully saturated rings. The lowest BCUT2D eigenvalue weighted by molar-refractivity contribution is -0.118. The lowest BCUT2D eigenvalue weighted by Crippen LogP contribution is -2.36. The van der Waals surface area contributed by atoms with Crippen LogP contribution in [0, 0.1) is 5.41 Å². The molecule has 4 rings (SSSR count). The number of benzene rings is 1. The summed E-state index contributed by atoms with van der Waals surface area (Å²) in [6, 6.07) is 3.16. The number of rotatable bonds is 4.